The highest BCUT2D eigenvalue weighted by Gasteiger charge is 2.07. The summed E-state index contributed by atoms with van der Waals surface area (Å²) in [6.07, 6.45) is 10.5. The summed E-state index contributed by atoms with van der Waals surface area (Å²) in [5.41, 5.74) is 3.44. The van der Waals surface area contributed by atoms with E-state index in [1.807, 2.05) is 72.5 Å². The van der Waals surface area contributed by atoms with Crippen LogP contribution in [-0.2, 0) is 24.5 Å². The third-order valence-electron chi connectivity index (χ3n) is 5.13. The van der Waals surface area contributed by atoms with Gasteiger partial charge in [-0.05, 0) is 42.8 Å². The van der Waals surface area contributed by atoms with Gasteiger partial charge in [0.1, 0.15) is 18.1 Å². The number of methoxy groups -OCH3 is 1. The van der Waals surface area contributed by atoms with Crippen LogP contribution < -0.4 is 14.8 Å². The first-order chi connectivity index (χ1) is 16.6. The number of ether oxygens (including phenoxy) is 2. The predicted molar refractivity (Wildman–Crippen MR) is 131 cm³/mol. The van der Waals surface area contributed by atoms with Crippen LogP contribution in [0.15, 0.2) is 79.4 Å². The SMILES string of the molecule is CCn1cc(Cn2cc(NC(=O)/C=C/c3ccc(OC)c(COc4ccccc4)c3)cn2)cn1. The highest BCUT2D eigenvalue weighted by Crippen LogP contribution is 2.23. The molecule has 1 amide bonds. The minimum Gasteiger partial charge on any atom is -0.496 e. The van der Waals surface area contributed by atoms with Crippen molar-refractivity contribution in [1.29, 1.82) is 0 Å². The Labute approximate surface area is 198 Å². The van der Waals surface area contributed by atoms with E-state index in [4.69, 9.17) is 9.47 Å². The molecule has 0 saturated carbocycles. The van der Waals surface area contributed by atoms with Gasteiger partial charge in [0.05, 0.1) is 31.7 Å². The highest BCUT2D eigenvalue weighted by molar-refractivity contribution is 6.01. The van der Waals surface area contributed by atoms with E-state index in [2.05, 4.69) is 15.5 Å². The molecule has 2 aromatic carbocycles. The minimum absolute atomic E-state index is 0.240. The predicted octanol–water partition coefficient (Wildman–Crippen LogP) is 4.39. The Morgan fingerprint density at radius 3 is 2.65 bits per heavy atom. The molecule has 0 atom stereocenters. The van der Waals surface area contributed by atoms with Gasteiger partial charge in [-0.3, -0.25) is 14.2 Å². The Kier molecular flexibility index (Phi) is 7.39. The lowest BCUT2D eigenvalue weighted by Gasteiger charge is -2.11. The van der Waals surface area contributed by atoms with Crippen LogP contribution in [0.1, 0.15) is 23.6 Å². The average Bonchev–Trinajstić information content (AvgIpc) is 3.51. The second kappa shape index (κ2) is 11.0. The lowest BCUT2D eigenvalue weighted by Crippen LogP contribution is -2.07. The molecule has 8 heteroatoms. The maximum absolute atomic E-state index is 12.4. The number of nitrogens with zero attached hydrogens (tertiary/aromatic N) is 4. The van der Waals surface area contributed by atoms with Crippen LogP contribution in [0, 0.1) is 0 Å². The Balaban J connectivity index is 1.35. The molecule has 0 aliphatic heterocycles. The Morgan fingerprint density at radius 1 is 1.06 bits per heavy atom. The Morgan fingerprint density at radius 2 is 1.88 bits per heavy atom. The van der Waals surface area contributed by atoms with Gasteiger partial charge < -0.3 is 14.8 Å². The van der Waals surface area contributed by atoms with E-state index < -0.39 is 0 Å². The first-order valence-corrected chi connectivity index (χ1v) is 11.0. The lowest BCUT2D eigenvalue weighted by molar-refractivity contribution is -0.111. The maximum Gasteiger partial charge on any atom is 0.248 e. The average molecular weight is 458 g/mol. The molecule has 0 aliphatic carbocycles. The van der Waals surface area contributed by atoms with Crippen LogP contribution in [0.4, 0.5) is 5.69 Å². The molecule has 0 bridgehead atoms. The molecule has 8 nitrogen and oxygen atoms in total. The second-order valence-electron chi connectivity index (χ2n) is 7.63. The van der Waals surface area contributed by atoms with E-state index in [9.17, 15) is 4.79 Å². The van der Waals surface area contributed by atoms with Crippen LogP contribution in [-0.4, -0.2) is 32.6 Å². The lowest BCUT2D eigenvalue weighted by atomic mass is 10.1. The fourth-order valence-corrected chi connectivity index (χ4v) is 3.41. The van der Waals surface area contributed by atoms with Gasteiger partial charge in [-0.25, -0.2) is 0 Å². The molecule has 4 aromatic rings. The van der Waals surface area contributed by atoms with E-state index in [0.717, 1.165) is 34.7 Å². The quantitative estimate of drug-likeness (QED) is 0.357. The number of para-hydroxylation sites is 1. The summed E-state index contributed by atoms with van der Waals surface area (Å²) in [7, 11) is 1.63. The summed E-state index contributed by atoms with van der Waals surface area (Å²) < 4.78 is 14.9. The first-order valence-electron chi connectivity index (χ1n) is 11.0. The van der Waals surface area contributed by atoms with Crippen LogP contribution >= 0.6 is 0 Å². The van der Waals surface area contributed by atoms with Crippen molar-refractivity contribution < 1.29 is 14.3 Å². The van der Waals surface area contributed by atoms with Crippen molar-refractivity contribution in [3.63, 3.8) is 0 Å². The summed E-state index contributed by atoms with van der Waals surface area (Å²) in [5, 5.41) is 11.4. The first kappa shape index (κ1) is 22.8. The van der Waals surface area contributed by atoms with E-state index >= 15 is 0 Å². The van der Waals surface area contributed by atoms with E-state index in [1.165, 1.54) is 6.08 Å². The summed E-state index contributed by atoms with van der Waals surface area (Å²) in [5.74, 6) is 1.27. The molecule has 1 N–H and O–H groups in total. The third-order valence-corrected chi connectivity index (χ3v) is 5.13. The van der Waals surface area contributed by atoms with Crippen LogP contribution in [0.2, 0.25) is 0 Å². The minimum atomic E-state index is -0.240. The number of hydrogen-bond acceptors (Lipinski definition) is 5. The van der Waals surface area contributed by atoms with Crippen molar-refractivity contribution in [3.8, 4) is 11.5 Å². The van der Waals surface area contributed by atoms with Crippen molar-refractivity contribution in [2.24, 2.45) is 0 Å². The smallest absolute Gasteiger partial charge is 0.248 e. The summed E-state index contributed by atoms with van der Waals surface area (Å²) in [6, 6.07) is 15.3. The summed E-state index contributed by atoms with van der Waals surface area (Å²) in [4.78, 5) is 12.4. The fourth-order valence-electron chi connectivity index (χ4n) is 3.41. The van der Waals surface area contributed by atoms with E-state index in [1.54, 1.807) is 30.3 Å². The van der Waals surface area contributed by atoms with Gasteiger partial charge in [0.15, 0.2) is 0 Å². The second-order valence-corrected chi connectivity index (χ2v) is 7.63. The number of aryl methyl sites for hydroxylation is 1. The molecular weight excluding hydrogens is 430 g/mol. The zero-order valence-electron chi connectivity index (χ0n) is 19.2. The van der Waals surface area contributed by atoms with Gasteiger partial charge in [-0.15, -0.1) is 0 Å². The van der Waals surface area contributed by atoms with Crippen molar-refractivity contribution in [3.05, 3.63) is 96.1 Å². The van der Waals surface area contributed by atoms with Crippen molar-refractivity contribution in [2.45, 2.75) is 26.6 Å². The zero-order valence-corrected chi connectivity index (χ0v) is 19.2. The van der Waals surface area contributed by atoms with Gasteiger partial charge >= 0.3 is 0 Å². The molecule has 0 fully saturated rings. The number of benzene rings is 2. The molecule has 174 valence electrons. The number of carbonyl (C=O) groups excluding carboxylic acids is 1. The normalized spacial score (nSPS) is 11.0. The van der Waals surface area contributed by atoms with Gasteiger partial charge in [0.2, 0.25) is 5.91 Å². The Bertz CT molecular complexity index is 1260. The largest absolute Gasteiger partial charge is 0.496 e. The molecule has 0 unspecified atom stereocenters. The molecule has 0 aliphatic rings. The Hall–Kier alpha value is -4.33. The summed E-state index contributed by atoms with van der Waals surface area (Å²) in [6.45, 7) is 3.81. The van der Waals surface area contributed by atoms with Crippen LogP contribution in [0.25, 0.3) is 6.08 Å². The number of hydrogen-bond donors (Lipinski definition) is 1. The van der Waals surface area contributed by atoms with Crippen LogP contribution in [0.3, 0.4) is 0 Å². The molecule has 34 heavy (non-hydrogen) atoms. The number of anilines is 1. The zero-order chi connectivity index (χ0) is 23.8. The fraction of sp³-hybridized carbons (Fsp3) is 0.192. The molecular formula is C26H27N5O3. The number of rotatable bonds is 10. The van der Waals surface area contributed by atoms with E-state index in [-0.39, 0.29) is 5.91 Å². The standard InChI is InChI=1S/C26H27N5O3/c1-3-30-16-21(14-27-30)17-31-18-23(15-28-31)29-26(32)12-10-20-9-11-25(33-2)22(13-20)19-34-24-7-5-4-6-8-24/h4-16,18H,3,17,19H2,1-2H3,(H,29,32)/b12-10+. The van der Waals surface area contributed by atoms with Gasteiger partial charge in [0.25, 0.3) is 0 Å². The molecule has 2 heterocycles. The molecule has 0 saturated heterocycles. The number of amides is 1. The van der Waals surface area contributed by atoms with Crippen molar-refractivity contribution in [2.75, 3.05) is 12.4 Å². The molecule has 0 spiro atoms. The topological polar surface area (TPSA) is 83.2 Å². The molecule has 4 rings (SSSR count). The monoisotopic (exact) mass is 457 g/mol. The number of carbonyl (C=O) groups is 1. The maximum atomic E-state index is 12.4. The molecule has 0 radical (unpaired) electrons. The number of nitrogens with one attached hydrogen (secondary N) is 1. The van der Waals surface area contributed by atoms with Crippen molar-refractivity contribution >= 4 is 17.7 Å². The summed E-state index contributed by atoms with van der Waals surface area (Å²) >= 11 is 0. The van der Waals surface area contributed by atoms with Gasteiger partial charge in [-0.1, -0.05) is 24.3 Å². The van der Waals surface area contributed by atoms with Gasteiger partial charge in [0, 0.05) is 36.1 Å². The highest BCUT2D eigenvalue weighted by atomic mass is 16.5. The van der Waals surface area contributed by atoms with Crippen molar-refractivity contribution in [1.82, 2.24) is 19.6 Å². The third kappa shape index (κ3) is 6.13. The van der Waals surface area contributed by atoms with Crippen LogP contribution in [0.5, 0.6) is 11.5 Å². The number of aromatic nitrogens is 4. The molecule has 2 aromatic heterocycles. The van der Waals surface area contributed by atoms with Gasteiger partial charge in [-0.2, -0.15) is 10.2 Å². The van der Waals surface area contributed by atoms with E-state index in [0.29, 0.717) is 18.8 Å².